The number of aromatic amines is 1. The van der Waals surface area contributed by atoms with Crippen LogP contribution < -0.4 is 15.5 Å². The number of carbonyl (C=O) groups is 3. The Morgan fingerprint density at radius 2 is 1.85 bits per heavy atom. The van der Waals surface area contributed by atoms with Crippen molar-refractivity contribution in [3.05, 3.63) is 53.3 Å². The number of carboxylic acid groups (broad SMARTS) is 1. The highest BCUT2D eigenvalue weighted by Crippen LogP contribution is 2.32. The summed E-state index contributed by atoms with van der Waals surface area (Å²) in [6.07, 6.45) is 2.39. The van der Waals surface area contributed by atoms with Gasteiger partial charge in [-0.15, -0.1) is 0 Å². The molecule has 1 aromatic carbocycles. The van der Waals surface area contributed by atoms with Crippen LogP contribution >= 0.6 is 11.6 Å². The van der Waals surface area contributed by atoms with E-state index in [1.807, 2.05) is 6.07 Å². The summed E-state index contributed by atoms with van der Waals surface area (Å²) in [6.45, 7) is 3.42. The van der Waals surface area contributed by atoms with E-state index in [1.165, 1.54) is 6.92 Å². The van der Waals surface area contributed by atoms with Crippen molar-refractivity contribution in [2.24, 2.45) is 0 Å². The number of anilines is 2. The Labute approximate surface area is 200 Å². The van der Waals surface area contributed by atoms with Crippen LogP contribution in [-0.2, 0) is 16.0 Å². The Balaban J connectivity index is 1.47. The van der Waals surface area contributed by atoms with Crippen LogP contribution in [-0.4, -0.2) is 70.1 Å². The number of carbonyl (C=O) groups excluding carboxylic acids is 2. The topological polar surface area (TPSA) is 131 Å². The maximum absolute atomic E-state index is 13.2. The van der Waals surface area contributed by atoms with Crippen LogP contribution in [0.5, 0.6) is 0 Å². The molecule has 0 spiro atoms. The van der Waals surface area contributed by atoms with Crippen LogP contribution in [0.25, 0.3) is 11.0 Å². The number of rotatable bonds is 6. The van der Waals surface area contributed by atoms with E-state index >= 15 is 0 Å². The molecule has 3 heterocycles. The van der Waals surface area contributed by atoms with Crippen LogP contribution in [0.3, 0.4) is 0 Å². The van der Waals surface area contributed by atoms with Crippen LogP contribution in [0.15, 0.2) is 42.7 Å². The van der Waals surface area contributed by atoms with Crippen molar-refractivity contribution in [3.8, 4) is 0 Å². The average molecular weight is 485 g/mol. The van der Waals surface area contributed by atoms with Gasteiger partial charge in [0.15, 0.2) is 0 Å². The van der Waals surface area contributed by atoms with E-state index in [1.54, 1.807) is 41.6 Å². The maximum atomic E-state index is 13.2. The zero-order valence-corrected chi connectivity index (χ0v) is 19.3. The fourth-order valence-electron chi connectivity index (χ4n) is 4.18. The van der Waals surface area contributed by atoms with Crippen molar-refractivity contribution in [2.75, 3.05) is 36.4 Å². The summed E-state index contributed by atoms with van der Waals surface area (Å²) in [7, 11) is 0. The summed E-state index contributed by atoms with van der Waals surface area (Å²) in [6, 6.07) is 7.97. The standard InChI is InChI=1S/C23H25ClN6O4/c1-14(31)27-18-13-26-21-20(18)19(6-7-25-21)29-8-10-30(11-9-29)22(32)17(28-23(33)34)12-15-2-4-16(24)5-3-15/h2-7,13,17,28H,8-12H2,1H3,(H,25,26)(H,27,31)(H,33,34). The zero-order valence-electron chi connectivity index (χ0n) is 18.5. The highest BCUT2D eigenvalue weighted by Gasteiger charge is 2.29. The monoisotopic (exact) mass is 484 g/mol. The van der Waals surface area contributed by atoms with Crippen LogP contribution in [0.2, 0.25) is 5.02 Å². The highest BCUT2D eigenvalue weighted by molar-refractivity contribution is 6.30. The first-order chi connectivity index (χ1) is 16.3. The van der Waals surface area contributed by atoms with E-state index in [2.05, 4.69) is 25.5 Å². The normalized spacial score (nSPS) is 14.6. The molecular formula is C23H25ClN6O4. The molecule has 0 radical (unpaired) electrons. The number of piperazine rings is 1. The molecule has 1 aliphatic rings. The lowest BCUT2D eigenvalue weighted by Crippen LogP contribution is -2.55. The van der Waals surface area contributed by atoms with E-state index in [9.17, 15) is 19.5 Å². The van der Waals surface area contributed by atoms with Gasteiger partial charge in [-0.1, -0.05) is 23.7 Å². The Hall–Kier alpha value is -3.79. The Kier molecular flexibility index (Phi) is 6.87. The number of aromatic nitrogens is 2. The van der Waals surface area contributed by atoms with Crippen molar-refractivity contribution in [1.29, 1.82) is 0 Å². The third-order valence-electron chi connectivity index (χ3n) is 5.74. The number of nitrogens with one attached hydrogen (secondary N) is 3. The van der Waals surface area contributed by atoms with Gasteiger partial charge in [0.25, 0.3) is 0 Å². The second-order valence-electron chi connectivity index (χ2n) is 8.08. The minimum absolute atomic E-state index is 0.177. The Morgan fingerprint density at radius 1 is 1.15 bits per heavy atom. The fourth-order valence-corrected chi connectivity index (χ4v) is 4.31. The quantitative estimate of drug-likeness (QED) is 0.425. The molecule has 3 aromatic rings. The number of hydrogen-bond donors (Lipinski definition) is 4. The summed E-state index contributed by atoms with van der Waals surface area (Å²) in [5, 5.41) is 15.8. The van der Waals surface area contributed by atoms with Crippen LogP contribution in [0.1, 0.15) is 12.5 Å². The van der Waals surface area contributed by atoms with Gasteiger partial charge in [-0.2, -0.15) is 0 Å². The van der Waals surface area contributed by atoms with E-state index in [0.717, 1.165) is 16.6 Å². The lowest BCUT2D eigenvalue weighted by molar-refractivity contribution is -0.133. The summed E-state index contributed by atoms with van der Waals surface area (Å²) in [5.74, 6) is -0.443. The molecule has 178 valence electrons. The van der Waals surface area contributed by atoms with E-state index in [-0.39, 0.29) is 18.2 Å². The molecule has 0 aliphatic carbocycles. The number of hydrogen-bond acceptors (Lipinski definition) is 5. The average Bonchev–Trinajstić information content (AvgIpc) is 3.22. The number of amides is 3. The predicted molar refractivity (Wildman–Crippen MR) is 129 cm³/mol. The molecule has 1 fully saturated rings. The first kappa shape index (κ1) is 23.4. The SMILES string of the molecule is CC(=O)Nc1c[nH]c2nccc(N3CCN(C(=O)C(Cc4ccc(Cl)cc4)NC(=O)O)CC3)c12. The number of pyridine rings is 1. The smallest absolute Gasteiger partial charge is 0.405 e. The highest BCUT2D eigenvalue weighted by atomic mass is 35.5. The first-order valence-electron chi connectivity index (χ1n) is 10.8. The molecule has 3 amide bonds. The predicted octanol–water partition coefficient (Wildman–Crippen LogP) is 2.70. The van der Waals surface area contributed by atoms with E-state index in [4.69, 9.17) is 11.6 Å². The lowest BCUT2D eigenvalue weighted by Gasteiger charge is -2.37. The minimum Gasteiger partial charge on any atom is -0.465 e. The number of fused-ring (bicyclic) bond motifs is 1. The van der Waals surface area contributed by atoms with Gasteiger partial charge < -0.3 is 30.5 Å². The maximum Gasteiger partial charge on any atom is 0.405 e. The number of nitrogens with zero attached hydrogens (tertiary/aromatic N) is 3. The van der Waals surface area contributed by atoms with Crippen LogP contribution in [0, 0.1) is 0 Å². The summed E-state index contributed by atoms with van der Waals surface area (Å²) < 4.78 is 0. The van der Waals surface area contributed by atoms with Crippen molar-refractivity contribution < 1.29 is 19.5 Å². The molecule has 1 unspecified atom stereocenters. The first-order valence-corrected chi connectivity index (χ1v) is 11.2. The molecule has 0 saturated carbocycles. The van der Waals surface area contributed by atoms with Gasteiger partial charge in [0.05, 0.1) is 16.8 Å². The van der Waals surface area contributed by atoms with Crippen LogP contribution in [0.4, 0.5) is 16.2 Å². The van der Waals surface area contributed by atoms with Gasteiger partial charge in [0.2, 0.25) is 11.8 Å². The summed E-state index contributed by atoms with van der Waals surface area (Å²) >= 11 is 5.93. The zero-order chi connectivity index (χ0) is 24.2. The molecule has 10 nitrogen and oxygen atoms in total. The van der Waals surface area contributed by atoms with Gasteiger partial charge in [-0.05, 0) is 23.8 Å². The molecule has 0 bridgehead atoms. The van der Waals surface area contributed by atoms with Crippen molar-refractivity contribution >= 4 is 51.9 Å². The second kappa shape index (κ2) is 10.0. The molecule has 4 rings (SSSR count). The largest absolute Gasteiger partial charge is 0.465 e. The number of halogens is 1. The molecule has 11 heteroatoms. The molecule has 1 atom stereocenters. The van der Waals surface area contributed by atoms with Crippen molar-refractivity contribution in [3.63, 3.8) is 0 Å². The van der Waals surface area contributed by atoms with Crippen molar-refractivity contribution in [1.82, 2.24) is 20.2 Å². The fraction of sp³-hybridized carbons (Fsp3) is 0.304. The number of benzene rings is 1. The van der Waals surface area contributed by atoms with Gasteiger partial charge >= 0.3 is 6.09 Å². The van der Waals surface area contributed by atoms with Gasteiger partial charge in [0, 0.05) is 56.9 Å². The third kappa shape index (κ3) is 5.23. The van der Waals surface area contributed by atoms with E-state index in [0.29, 0.717) is 42.5 Å². The van der Waals surface area contributed by atoms with Crippen molar-refractivity contribution in [2.45, 2.75) is 19.4 Å². The molecule has 34 heavy (non-hydrogen) atoms. The lowest BCUT2D eigenvalue weighted by atomic mass is 10.0. The minimum atomic E-state index is -1.25. The number of H-pyrrole nitrogens is 1. The van der Waals surface area contributed by atoms with Gasteiger partial charge in [0.1, 0.15) is 11.7 Å². The summed E-state index contributed by atoms with van der Waals surface area (Å²) in [4.78, 5) is 47.3. The Morgan fingerprint density at radius 3 is 2.50 bits per heavy atom. The molecular weight excluding hydrogens is 460 g/mol. The van der Waals surface area contributed by atoms with Gasteiger partial charge in [-0.25, -0.2) is 9.78 Å². The Bertz CT molecular complexity index is 1200. The molecule has 2 aromatic heterocycles. The summed E-state index contributed by atoms with van der Waals surface area (Å²) in [5.41, 5.74) is 3.03. The molecule has 1 aliphatic heterocycles. The van der Waals surface area contributed by atoms with Gasteiger partial charge in [-0.3, -0.25) is 9.59 Å². The second-order valence-corrected chi connectivity index (χ2v) is 8.52. The molecule has 4 N–H and O–H groups in total. The third-order valence-corrected chi connectivity index (χ3v) is 6.00. The van der Waals surface area contributed by atoms with E-state index < -0.39 is 12.1 Å². The molecule has 1 saturated heterocycles.